The molecule has 1 aliphatic rings. The number of aliphatic imine (C=N–C) groups is 1. The lowest BCUT2D eigenvalue weighted by atomic mass is 10.1. The maximum Gasteiger partial charge on any atom is 0.266 e. The van der Waals surface area contributed by atoms with Gasteiger partial charge in [0.25, 0.3) is 5.91 Å². The maximum absolute atomic E-state index is 12.6. The second-order valence-corrected chi connectivity index (χ2v) is 8.18. The number of guanidine groups is 1. The summed E-state index contributed by atoms with van der Waals surface area (Å²) in [5, 5.41) is 10.3. The molecule has 3 rings (SSSR count). The molecule has 0 spiro atoms. The minimum Gasteiger partial charge on any atom is -0.398 e. The number of rotatable bonds is 4. The van der Waals surface area contributed by atoms with Crippen molar-refractivity contribution in [2.75, 3.05) is 22.1 Å². The third kappa shape index (κ3) is 5.39. The topological polar surface area (TPSA) is 118 Å². The zero-order chi connectivity index (χ0) is 20.1. The molecule has 1 amide bonds. The lowest BCUT2D eigenvalue weighted by Gasteiger charge is -2.15. The van der Waals surface area contributed by atoms with E-state index in [0.29, 0.717) is 34.7 Å². The molecule has 148 valence electrons. The number of halogens is 1. The quantitative estimate of drug-likeness (QED) is 0.294. The van der Waals surface area contributed by atoms with E-state index in [1.165, 1.54) is 0 Å². The Morgan fingerprint density at radius 3 is 2.68 bits per heavy atom. The van der Waals surface area contributed by atoms with Gasteiger partial charge in [-0.05, 0) is 48.9 Å². The van der Waals surface area contributed by atoms with Crippen molar-refractivity contribution in [2.45, 2.75) is 24.9 Å². The third-order valence-corrected chi connectivity index (χ3v) is 5.58. The first-order chi connectivity index (χ1) is 13.4. The number of benzene rings is 2. The molecule has 0 aromatic heterocycles. The minimum atomic E-state index is -0.316. The Morgan fingerprint density at radius 1 is 1.29 bits per heavy atom. The summed E-state index contributed by atoms with van der Waals surface area (Å²) in [7, 11) is 0. The molecule has 0 bridgehead atoms. The Kier molecular flexibility index (Phi) is 6.79. The molecule has 9 heteroatoms. The standard InChI is InChI=1S/C19H23ClN6OS/c1-11-23-17(10-28-11)18(27)26-19(24-14-4-2-3-13(20)8-14)25-15-5-6-16(22)12(7-15)9-21/h2-8,11,17,23H,9-10,21-22H2,1H3,(H2,24,25,26,27). The summed E-state index contributed by atoms with van der Waals surface area (Å²) in [5.41, 5.74) is 14.5. The van der Waals surface area contributed by atoms with E-state index in [-0.39, 0.29) is 17.3 Å². The Bertz CT molecular complexity index is 890. The van der Waals surface area contributed by atoms with Crippen molar-refractivity contribution in [1.29, 1.82) is 0 Å². The second kappa shape index (κ2) is 9.29. The van der Waals surface area contributed by atoms with Gasteiger partial charge in [0.2, 0.25) is 5.96 Å². The fraction of sp³-hybridized carbons (Fsp3) is 0.263. The maximum atomic E-state index is 12.6. The van der Waals surface area contributed by atoms with Crippen LogP contribution in [0.25, 0.3) is 0 Å². The Balaban J connectivity index is 1.85. The van der Waals surface area contributed by atoms with Gasteiger partial charge in [0, 0.05) is 34.4 Å². The van der Waals surface area contributed by atoms with Crippen molar-refractivity contribution in [3.05, 3.63) is 53.1 Å². The van der Waals surface area contributed by atoms with Crippen molar-refractivity contribution in [3.8, 4) is 0 Å². The molecule has 28 heavy (non-hydrogen) atoms. The van der Waals surface area contributed by atoms with Crippen LogP contribution in [0.5, 0.6) is 0 Å². The molecule has 2 atom stereocenters. The van der Waals surface area contributed by atoms with Crippen LogP contribution in [-0.2, 0) is 11.3 Å². The van der Waals surface area contributed by atoms with E-state index in [0.717, 1.165) is 11.3 Å². The fourth-order valence-corrected chi connectivity index (χ4v) is 3.91. The number of nitrogens with two attached hydrogens (primary N) is 2. The van der Waals surface area contributed by atoms with Gasteiger partial charge in [-0.15, -0.1) is 11.8 Å². The zero-order valence-corrected chi connectivity index (χ0v) is 17.0. The highest BCUT2D eigenvalue weighted by Crippen LogP contribution is 2.21. The smallest absolute Gasteiger partial charge is 0.266 e. The first-order valence-corrected chi connectivity index (χ1v) is 10.3. The third-order valence-electron chi connectivity index (χ3n) is 4.18. The number of amides is 1. The molecule has 0 saturated carbocycles. The summed E-state index contributed by atoms with van der Waals surface area (Å²) in [5.74, 6) is 0.738. The number of nitrogens with one attached hydrogen (secondary N) is 3. The molecule has 2 aromatic rings. The Labute approximate surface area is 173 Å². The summed E-state index contributed by atoms with van der Waals surface area (Å²) >= 11 is 7.75. The summed E-state index contributed by atoms with van der Waals surface area (Å²) in [6.45, 7) is 2.34. The largest absolute Gasteiger partial charge is 0.398 e. The number of carbonyl (C=O) groups excluding carboxylic acids is 1. The van der Waals surface area contributed by atoms with Crippen molar-refractivity contribution in [3.63, 3.8) is 0 Å². The SMILES string of the molecule is CC1NC(C(=O)/N=C(\Nc2cccc(Cl)c2)Nc2ccc(N)c(CN)c2)CS1. The first kappa shape index (κ1) is 20.5. The summed E-state index contributed by atoms with van der Waals surface area (Å²) in [4.78, 5) is 16.9. The average molecular weight is 419 g/mol. The highest BCUT2D eigenvalue weighted by atomic mass is 35.5. The predicted molar refractivity (Wildman–Crippen MR) is 119 cm³/mol. The van der Waals surface area contributed by atoms with Crippen LogP contribution < -0.4 is 27.4 Å². The van der Waals surface area contributed by atoms with Gasteiger partial charge in [0.15, 0.2) is 0 Å². The van der Waals surface area contributed by atoms with Crippen molar-refractivity contribution in [2.24, 2.45) is 10.7 Å². The van der Waals surface area contributed by atoms with E-state index >= 15 is 0 Å². The minimum absolute atomic E-state index is 0.227. The Morgan fingerprint density at radius 2 is 2.04 bits per heavy atom. The van der Waals surface area contributed by atoms with Gasteiger partial charge in [0.1, 0.15) is 0 Å². The molecule has 1 heterocycles. The lowest BCUT2D eigenvalue weighted by Crippen LogP contribution is -2.36. The van der Waals surface area contributed by atoms with Gasteiger partial charge in [-0.1, -0.05) is 17.7 Å². The van der Waals surface area contributed by atoms with Crippen LogP contribution in [0.4, 0.5) is 17.1 Å². The van der Waals surface area contributed by atoms with Crippen LogP contribution in [0, 0.1) is 0 Å². The zero-order valence-electron chi connectivity index (χ0n) is 15.4. The number of hydrogen-bond acceptors (Lipinski definition) is 5. The fourth-order valence-electron chi connectivity index (χ4n) is 2.74. The number of carbonyl (C=O) groups is 1. The van der Waals surface area contributed by atoms with E-state index in [9.17, 15) is 4.79 Å². The van der Waals surface area contributed by atoms with E-state index in [1.807, 2.05) is 25.1 Å². The summed E-state index contributed by atoms with van der Waals surface area (Å²) in [6.07, 6.45) is 0. The number of anilines is 3. The second-order valence-electron chi connectivity index (χ2n) is 6.37. The molecule has 1 fully saturated rings. The van der Waals surface area contributed by atoms with Crippen molar-refractivity contribution in [1.82, 2.24) is 5.32 Å². The Hall–Kier alpha value is -2.26. The molecule has 1 aliphatic heterocycles. The van der Waals surface area contributed by atoms with E-state index < -0.39 is 0 Å². The first-order valence-electron chi connectivity index (χ1n) is 8.83. The van der Waals surface area contributed by atoms with Crippen molar-refractivity contribution >= 4 is 52.3 Å². The molecular formula is C19H23ClN6OS. The van der Waals surface area contributed by atoms with Crippen LogP contribution in [0.15, 0.2) is 47.5 Å². The number of nitrogen functional groups attached to an aromatic ring is 1. The van der Waals surface area contributed by atoms with E-state index in [2.05, 4.69) is 20.9 Å². The van der Waals surface area contributed by atoms with Gasteiger partial charge in [-0.25, -0.2) is 0 Å². The van der Waals surface area contributed by atoms with Crippen LogP contribution in [0.2, 0.25) is 5.02 Å². The van der Waals surface area contributed by atoms with Gasteiger partial charge >= 0.3 is 0 Å². The lowest BCUT2D eigenvalue weighted by molar-refractivity contribution is -0.119. The molecular weight excluding hydrogens is 396 g/mol. The van der Waals surface area contributed by atoms with E-state index in [1.54, 1.807) is 36.0 Å². The molecule has 7 N–H and O–H groups in total. The van der Waals surface area contributed by atoms with Crippen molar-refractivity contribution < 1.29 is 4.79 Å². The van der Waals surface area contributed by atoms with Gasteiger partial charge < -0.3 is 22.1 Å². The van der Waals surface area contributed by atoms with Crippen LogP contribution in [0.1, 0.15) is 12.5 Å². The monoisotopic (exact) mass is 418 g/mol. The molecule has 2 aromatic carbocycles. The molecule has 0 radical (unpaired) electrons. The molecule has 0 aliphatic carbocycles. The van der Waals surface area contributed by atoms with Gasteiger partial charge in [-0.2, -0.15) is 4.99 Å². The van der Waals surface area contributed by atoms with Gasteiger partial charge in [-0.3, -0.25) is 10.1 Å². The van der Waals surface area contributed by atoms with Gasteiger partial charge in [0.05, 0.1) is 11.4 Å². The summed E-state index contributed by atoms with van der Waals surface area (Å²) in [6, 6.07) is 12.3. The summed E-state index contributed by atoms with van der Waals surface area (Å²) < 4.78 is 0. The van der Waals surface area contributed by atoms with Crippen LogP contribution in [-0.4, -0.2) is 29.0 Å². The van der Waals surface area contributed by atoms with E-state index in [4.69, 9.17) is 23.1 Å². The molecule has 2 unspecified atom stereocenters. The number of thioether (sulfide) groups is 1. The predicted octanol–water partition coefficient (Wildman–Crippen LogP) is 2.84. The highest BCUT2D eigenvalue weighted by Gasteiger charge is 2.27. The normalized spacial score (nSPS) is 19.5. The van der Waals surface area contributed by atoms with Crippen LogP contribution in [0.3, 0.4) is 0 Å². The number of nitrogens with zero attached hydrogens (tertiary/aromatic N) is 1. The van der Waals surface area contributed by atoms with Crippen LogP contribution >= 0.6 is 23.4 Å². The molecule has 7 nitrogen and oxygen atoms in total. The number of hydrogen-bond donors (Lipinski definition) is 5. The molecule has 1 saturated heterocycles. The highest BCUT2D eigenvalue weighted by molar-refractivity contribution is 8.00. The average Bonchev–Trinajstić information content (AvgIpc) is 3.10.